The summed E-state index contributed by atoms with van der Waals surface area (Å²) in [4.78, 5) is 11.5. The van der Waals surface area contributed by atoms with Crippen LogP contribution in [0.4, 0.5) is 5.88 Å². The largest absolute Gasteiger partial charge is 0.459 e. The fraction of sp³-hybridized carbons (Fsp3) is 0.556. The van der Waals surface area contributed by atoms with Crippen molar-refractivity contribution in [2.45, 2.75) is 33.3 Å². The second-order valence-electron chi connectivity index (χ2n) is 3.18. The summed E-state index contributed by atoms with van der Waals surface area (Å²) in [5.41, 5.74) is 6.25. The molecule has 1 rings (SSSR count). The lowest BCUT2D eigenvalue weighted by molar-refractivity contribution is 0.0377. The molecule has 0 spiro atoms. The van der Waals surface area contributed by atoms with Gasteiger partial charge < -0.3 is 15.0 Å². The normalized spacial score (nSPS) is 10.6. The van der Waals surface area contributed by atoms with E-state index in [1.165, 1.54) is 0 Å². The van der Waals surface area contributed by atoms with Crippen LogP contribution in [-0.2, 0) is 11.2 Å². The van der Waals surface area contributed by atoms with Gasteiger partial charge in [-0.25, -0.2) is 4.79 Å². The van der Waals surface area contributed by atoms with E-state index in [2.05, 4.69) is 5.16 Å². The zero-order valence-corrected chi connectivity index (χ0v) is 8.53. The van der Waals surface area contributed by atoms with Gasteiger partial charge in [0, 0.05) is 0 Å². The molecule has 0 aliphatic heterocycles. The Morgan fingerprint density at radius 1 is 1.64 bits per heavy atom. The molecule has 1 aromatic heterocycles. The third kappa shape index (κ3) is 2.04. The first-order valence-corrected chi connectivity index (χ1v) is 4.51. The van der Waals surface area contributed by atoms with Crippen molar-refractivity contribution in [3.8, 4) is 0 Å². The van der Waals surface area contributed by atoms with E-state index in [0.29, 0.717) is 12.1 Å². The van der Waals surface area contributed by atoms with Gasteiger partial charge in [-0.05, 0) is 20.3 Å². The second-order valence-corrected chi connectivity index (χ2v) is 3.18. The number of carbonyl (C=O) groups excluding carboxylic acids is 1. The van der Waals surface area contributed by atoms with E-state index in [-0.39, 0.29) is 17.6 Å². The van der Waals surface area contributed by atoms with Gasteiger partial charge in [-0.3, -0.25) is 0 Å². The van der Waals surface area contributed by atoms with Crippen LogP contribution in [0.15, 0.2) is 4.52 Å². The molecule has 0 fully saturated rings. The van der Waals surface area contributed by atoms with Crippen molar-refractivity contribution in [3.05, 3.63) is 11.3 Å². The van der Waals surface area contributed by atoms with E-state index in [4.69, 9.17) is 15.0 Å². The Balaban J connectivity index is 2.93. The molecule has 2 N–H and O–H groups in total. The Morgan fingerprint density at radius 2 is 2.29 bits per heavy atom. The third-order valence-corrected chi connectivity index (χ3v) is 1.67. The Kier molecular flexibility index (Phi) is 3.11. The number of nitrogens with two attached hydrogens (primary N) is 1. The van der Waals surface area contributed by atoms with Gasteiger partial charge in [-0.15, -0.1) is 0 Å². The van der Waals surface area contributed by atoms with E-state index in [0.717, 1.165) is 0 Å². The van der Waals surface area contributed by atoms with Crippen molar-refractivity contribution in [3.63, 3.8) is 0 Å². The van der Waals surface area contributed by atoms with E-state index in [9.17, 15) is 4.79 Å². The fourth-order valence-corrected chi connectivity index (χ4v) is 1.07. The maximum atomic E-state index is 11.5. The molecule has 0 unspecified atom stereocenters. The topological polar surface area (TPSA) is 78.4 Å². The van der Waals surface area contributed by atoms with Crippen LogP contribution in [0.1, 0.15) is 36.8 Å². The van der Waals surface area contributed by atoms with Crippen LogP contribution in [0.3, 0.4) is 0 Å². The number of hydrogen-bond acceptors (Lipinski definition) is 5. The summed E-state index contributed by atoms with van der Waals surface area (Å²) in [5.74, 6) is -0.455. The zero-order chi connectivity index (χ0) is 10.7. The van der Waals surface area contributed by atoms with Crippen molar-refractivity contribution in [2.75, 3.05) is 5.73 Å². The van der Waals surface area contributed by atoms with Gasteiger partial charge in [0.2, 0.25) is 5.88 Å². The number of esters is 1. The Hall–Kier alpha value is -1.52. The predicted molar refractivity (Wildman–Crippen MR) is 50.8 cm³/mol. The van der Waals surface area contributed by atoms with Gasteiger partial charge in [0.25, 0.3) is 0 Å². The highest BCUT2D eigenvalue weighted by Crippen LogP contribution is 2.18. The Bertz CT molecular complexity index is 331. The standard InChI is InChI=1S/C9H14N2O3/c1-4-6-7(8(10)14-11-6)9(12)13-5(2)3/h5H,4,10H2,1-3H3. The molecule has 78 valence electrons. The first kappa shape index (κ1) is 10.6. The SMILES string of the molecule is CCc1noc(N)c1C(=O)OC(C)C. The summed E-state index contributed by atoms with van der Waals surface area (Å²) in [6.07, 6.45) is 0.407. The molecular formula is C9H14N2O3. The number of nitrogen functional groups attached to an aromatic ring is 1. The summed E-state index contributed by atoms with van der Waals surface area (Å²) < 4.78 is 9.72. The molecule has 0 amide bonds. The number of anilines is 1. The van der Waals surface area contributed by atoms with Crippen LogP contribution < -0.4 is 5.73 Å². The first-order chi connectivity index (χ1) is 6.56. The highest BCUT2D eigenvalue weighted by atomic mass is 16.5. The molecule has 1 aromatic rings. The van der Waals surface area contributed by atoms with Crippen molar-refractivity contribution >= 4 is 11.9 Å². The van der Waals surface area contributed by atoms with Gasteiger partial charge in [0.15, 0.2) is 0 Å². The summed E-state index contributed by atoms with van der Waals surface area (Å²) in [7, 11) is 0. The Labute approximate surface area is 82.2 Å². The highest BCUT2D eigenvalue weighted by Gasteiger charge is 2.21. The minimum absolute atomic E-state index is 0.0208. The van der Waals surface area contributed by atoms with Crippen LogP contribution >= 0.6 is 0 Å². The highest BCUT2D eigenvalue weighted by molar-refractivity contribution is 5.95. The minimum Gasteiger partial charge on any atom is -0.459 e. The second kappa shape index (κ2) is 4.13. The minimum atomic E-state index is -0.476. The first-order valence-electron chi connectivity index (χ1n) is 4.51. The van der Waals surface area contributed by atoms with Crippen LogP contribution in [-0.4, -0.2) is 17.2 Å². The number of rotatable bonds is 3. The number of ether oxygens (including phenoxy) is 1. The molecule has 0 atom stereocenters. The Morgan fingerprint density at radius 3 is 2.79 bits per heavy atom. The average molecular weight is 198 g/mol. The summed E-state index contributed by atoms with van der Waals surface area (Å²) >= 11 is 0. The molecule has 0 saturated carbocycles. The monoisotopic (exact) mass is 198 g/mol. The quantitative estimate of drug-likeness (QED) is 0.742. The zero-order valence-electron chi connectivity index (χ0n) is 8.53. The lowest BCUT2D eigenvalue weighted by Crippen LogP contribution is -2.14. The molecule has 14 heavy (non-hydrogen) atoms. The maximum Gasteiger partial charge on any atom is 0.345 e. The molecular weight excluding hydrogens is 184 g/mol. The number of hydrogen-bond donors (Lipinski definition) is 1. The van der Waals surface area contributed by atoms with Gasteiger partial charge in [-0.1, -0.05) is 12.1 Å². The van der Waals surface area contributed by atoms with Crippen molar-refractivity contribution < 1.29 is 14.1 Å². The molecule has 0 bridgehead atoms. The van der Waals surface area contributed by atoms with Crippen LogP contribution in [0.5, 0.6) is 0 Å². The molecule has 5 heteroatoms. The van der Waals surface area contributed by atoms with Crippen LogP contribution in [0, 0.1) is 0 Å². The van der Waals surface area contributed by atoms with E-state index >= 15 is 0 Å². The molecule has 5 nitrogen and oxygen atoms in total. The predicted octanol–water partition coefficient (Wildman–Crippen LogP) is 1.38. The van der Waals surface area contributed by atoms with Gasteiger partial charge >= 0.3 is 5.97 Å². The average Bonchev–Trinajstić information content (AvgIpc) is 2.45. The lowest BCUT2D eigenvalue weighted by Gasteiger charge is -2.06. The van der Waals surface area contributed by atoms with Crippen LogP contribution in [0.25, 0.3) is 0 Å². The van der Waals surface area contributed by atoms with Crippen LogP contribution in [0.2, 0.25) is 0 Å². The maximum absolute atomic E-state index is 11.5. The van der Waals surface area contributed by atoms with Crippen molar-refractivity contribution in [2.24, 2.45) is 0 Å². The summed E-state index contributed by atoms with van der Waals surface area (Å²) in [6, 6.07) is 0. The lowest BCUT2D eigenvalue weighted by atomic mass is 10.2. The smallest absolute Gasteiger partial charge is 0.345 e. The number of nitrogens with zero attached hydrogens (tertiary/aromatic N) is 1. The van der Waals surface area contributed by atoms with Crippen molar-refractivity contribution in [1.29, 1.82) is 0 Å². The fourth-order valence-electron chi connectivity index (χ4n) is 1.07. The van der Waals surface area contributed by atoms with Gasteiger partial charge in [-0.2, -0.15) is 0 Å². The number of aromatic nitrogens is 1. The number of aryl methyl sites for hydroxylation is 1. The number of carbonyl (C=O) groups is 1. The van der Waals surface area contributed by atoms with E-state index in [1.807, 2.05) is 6.92 Å². The molecule has 0 saturated heterocycles. The molecule has 0 aliphatic rings. The third-order valence-electron chi connectivity index (χ3n) is 1.67. The molecule has 0 aliphatic carbocycles. The van der Waals surface area contributed by atoms with E-state index < -0.39 is 5.97 Å². The van der Waals surface area contributed by atoms with Crippen molar-refractivity contribution in [1.82, 2.24) is 5.16 Å². The van der Waals surface area contributed by atoms with E-state index in [1.54, 1.807) is 13.8 Å². The summed E-state index contributed by atoms with van der Waals surface area (Å²) in [6.45, 7) is 5.41. The van der Waals surface area contributed by atoms with Gasteiger partial charge in [0.1, 0.15) is 11.3 Å². The molecule has 0 aromatic carbocycles. The molecule has 1 heterocycles. The summed E-state index contributed by atoms with van der Waals surface area (Å²) in [5, 5.41) is 3.66. The molecule has 0 radical (unpaired) electrons. The van der Waals surface area contributed by atoms with Gasteiger partial charge in [0.05, 0.1) is 6.10 Å².